The van der Waals surface area contributed by atoms with Crippen LogP contribution >= 0.6 is 15.9 Å². The molecular formula is C10H11BrN2O. The van der Waals surface area contributed by atoms with Crippen molar-refractivity contribution >= 4 is 27.9 Å². The van der Waals surface area contributed by atoms with Gasteiger partial charge in [0.2, 0.25) is 0 Å². The SMILES string of the molecule is O=CC1CCN(c2cccc(Br)c2)N1. The molecule has 1 unspecified atom stereocenters. The monoisotopic (exact) mass is 254 g/mol. The molecule has 1 aromatic rings. The minimum atomic E-state index is -0.0334. The molecule has 0 radical (unpaired) electrons. The van der Waals surface area contributed by atoms with E-state index in [2.05, 4.69) is 21.4 Å². The zero-order valence-corrected chi connectivity index (χ0v) is 9.20. The predicted octanol–water partition coefficient (Wildman–Crippen LogP) is 1.73. The summed E-state index contributed by atoms with van der Waals surface area (Å²) in [6.45, 7) is 0.875. The Kier molecular flexibility index (Phi) is 2.84. The molecule has 1 atom stereocenters. The van der Waals surface area contributed by atoms with Gasteiger partial charge in [0, 0.05) is 11.0 Å². The Labute approximate surface area is 91.2 Å². The lowest BCUT2D eigenvalue weighted by atomic mass is 10.3. The fraction of sp³-hybridized carbons (Fsp3) is 0.300. The summed E-state index contributed by atoms with van der Waals surface area (Å²) in [5.41, 5.74) is 4.22. The van der Waals surface area contributed by atoms with Gasteiger partial charge in [-0.2, -0.15) is 0 Å². The first kappa shape index (κ1) is 9.68. The van der Waals surface area contributed by atoms with Crippen molar-refractivity contribution in [2.45, 2.75) is 12.5 Å². The Morgan fingerprint density at radius 1 is 1.57 bits per heavy atom. The average Bonchev–Trinajstić information content (AvgIpc) is 2.66. The first-order valence-electron chi connectivity index (χ1n) is 4.54. The Balaban J connectivity index is 2.13. The van der Waals surface area contributed by atoms with Crippen molar-refractivity contribution in [2.75, 3.05) is 11.6 Å². The molecule has 1 aliphatic rings. The molecule has 1 saturated heterocycles. The van der Waals surface area contributed by atoms with Gasteiger partial charge in [0.1, 0.15) is 6.29 Å². The number of halogens is 1. The van der Waals surface area contributed by atoms with E-state index in [1.54, 1.807) is 0 Å². The maximum atomic E-state index is 10.6. The normalized spacial score (nSPS) is 21.2. The molecule has 3 nitrogen and oxygen atoms in total. The molecule has 0 aliphatic carbocycles. The number of nitrogens with zero attached hydrogens (tertiary/aromatic N) is 1. The molecule has 1 N–H and O–H groups in total. The third kappa shape index (κ3) is 1.96. The minimum absolute atomic E-state index is 0.0334. The number of nitrogens with one attached hydrogen (secondary N) is 1. The zero-order chi connectivity index (χ0) is 9.97. The standard InChI is InChI=1S/C10H11BrN2O/c11-8-2-1-3-10(6-8)13-5-4-9(7-14)12-13/h1-3,6-7,9,12H,4-5H2. The first-order chi connectivity index (χ1) is 6.79. The van der Waals surface area contributed by atoms with Gasteiger partial charge in [0.05, 0.1) is 11.7 Å². The highest BCUT2D eigenvalue weighted by molar-refractivity contribution is 9.10. The number of rotatable bonds is 2. The Morgan fingerprint density at radius 3 is 3.07 bits per heavy atom. The smallest absolute Gasteiger partial charge is 0.138 e. The summed E-state index contributed by atoms with van der Waals surface area (Å²) in [6.07, 6.45) is 1.83. The molecule has 0 bridgehead atoms. The van der Waals surface area contributed by atoms with Crippen LogP contribution in [-0.4, -0.2) is 18.9 Å². The van der Waals surface area contributed by atoms with Crippen LogP contribution in [0.1, 0.15) is 6.42 Å². The Hall–Kier alpha value is -0.870. The molecule has 14 heavy (non-hydrogen) atoms. The van der Waals surface area contributed by atoms with Gasteiger partial charge in [-0.05, 0) is 24.6 Å². The molecule has 74 valence electrons. The minimum Gasteiger partial charge on any atom is -0.308 e. The van der Waals surface area contributed by atoms with Crippen LogP contribution in [0.15, 0.2) is 28.7 Å². The van der Waals surface area contributed by atoms with E-state index in [1.165, 1.54) is 0 Å². The fourth-order valence-electron chi connectivity index (χ4n) is 1.54. The summed E-state index contributed by atoms with van der Waals surface area (Å²) in [6, 6.07) is 7.98. The van der Waals surface area contributed by atoms with E-state index in [9.17, 15) is 4.79 Å². The summed E-state index contributed by atoms with van der Waals surface area (Å²) in [4.78, 5) is 10.6. The number of anilines is 1. The molecule has 1 aromatic carbocycles. The number of benzene rings is 1. The third-order valence-electron chi connectivity index (χ3n) is 2.27. The second-order valence-corrected chi connectivity index (χ2v) is 4.21. The molecule has 1 fully saturated rings. The van der Waals surface area contributed by atoms with Crippen LogP contribution in [0.3, 0.4) is 0 Å². The molecule has 0 spiro atoms. The number of aldehydes is 1. The first-order valence-corrected chi connectivity index (χ1v) is 5.33. The van der Waals surface area contributed by atoms with Gasteiger partial charge >= 0.3 is 0 Å². The van der Waals surface area contributed by atoms with Gasteiger partial charge in [-0.25, -0.2) is 5.43 Å². The summed E-state index contributed by atoms with van der Waals surface area (Å²) >= 11 is 3.42. The summed E-state index contributed by atoms with van der Waals surface area (Å²) in [5.74, 6) is 0. The predicted molar refractivity (Wildman–Crippen MR) is 59.1 cm³/mol. The van der Waals surface area contributed by atoms with Crippen molar-refractivity contribution in [3.8, 4) is 0 Å². The second kappa shape index (κ2) is 4.11. The third-order valence-corrected chi connectivity index (χ3v) is 2.76. The molecule has 0 amide bonds. The van der Waals surface area contributed by atoms with E-state index >= 15 is 0 Å². The van der Waals surface area contributed by atoms with Gasteiger partial charge in [0.15, 0.2) is 0 Å². The lowest BCUT2D eigenvalue weighted by Crippen LogP contribution is -2.36. The van der Waals surface area contributed by atoms with Gasteiger partial charge in [-0.3, -0.25) is 0 Å². The van der Waals surface area contributed by atoms with E-state index in [0.717, 1.165) is 29.4 Å². The van der Waals surface area contributed by atoms with E-state index in [1.807, 2.05) is 29.3 Å². The average molecular weight is 255 g/mol. The van der Waals surface area contributed by atoms with Crippen molar-refractivity contribution in [1.82, 2.24) is 5.43 Å². The molecule has 1 heterocycles. The quantitative estimate of drug-likeness (QED) is 0.817. The molecule has 4 heteroatoms. The van der Waals surface area contributed by atoms with E-state index < -0.39 is 0 Å². The van der Waals surface area contributed by atoms with Crippen molar-refractivity contribution in [3.05, 3.63) is 28.7 Å². The topological polar surface area (TPSA) is 32.3 Å². The highest BCUT2D eigenvalue weighted by Gasteiger charge is 2.20. The summed E-state index contributed by atoms with van der Waals surface area (Å²) in [7, 11) is 0. The number of hydrogen-bond acceptors (Lipinski definition) is 3. The van der Waals surface area contributed by atoms with Crippen LogP contribution in [0.25, 0.3) is 0 Å². The van der Waals surface area contributed by atoms with E-state index in [0.29, 0.717) is 0 Å². The van der Waals surface area contributed by atoms with Crippen molar-refractivity contribution in [2.24, 2.45) is 0 Å². The zero-order valence-electron chi connectivity index (χ0n) is 7.61. The lowest BCUT2D eigenvalue weighted by molar-refractivity contribution is -0.109. The van der Waals surface area contributed by atoms with Crippen LogP contribution in [-0.2, 0) is 4.79 Å². The maximum Gasteiger partial charge on any atom is 0.138 e. The van der Waals surface area contributed by atoms with Gasteiger partial charge in [0.25, 0.3) is 0 Å². The maximum absolute atomic E-state index is 10.6. The van der Waals surface area contributed by atoms with Crippen molar-refractivity contribution in [1.29, 1.82) is 0 Å². The molecular weight excluding hydrogens is 244 g/mol. The van der Waals surface area contributed by atoms with Crippen LogP contribution in [0.4, 0.5) is 5.69 Å². The summed E-state index contributed by atoms with van der Waals surface area (Å²) in [5, 5.41) is 2.00. The molecule has 1 aliphatic heterocycles. The lowest BCUT2D eigenvalue weighted by Gasteiger charge is -2.18. The van der Waals surface area contributed by atoms with Gasteiger partial charge < -0.3 is 9.80 Å². The van der Waals surface area contributed by atoms with E-state index in [4.69, 9.17) is 0 Å². The molecule has 0 aromatic heterocycles. The fourth-order valence-corrected chi connectivity index (χ4v) is 1.93. The van der Waals surface area contributed by atoms with Gasteiger partial charge in [-0.1, -0.05) is 22.0 Å². The van der Waals surface area contributed by atoms with E-state index in [-0.39, 0.29) is 6.04 Å². The number of hydrazine groups is 1. The highest BCUT2D eigenvalue weighted by atomic mass is 79.9. The summed E-state index contributed by atoms with van der Waals surface area (Å²) < 4.78 is 1.05. The van der Waals surface area contributed by atoms with Crippen molar-refractivity contribution < 1.29 is 4.79 Å². The Morgan fingerprint density at radius 2 is 2.43 bits per heavy atom. The van der Waals surface area contributed by atoms with Crippen molar-refractivity contribution in [3.63, 3.8) is 0 Å². The largest absolute Gasteiger partial charge is 0.308 e. The number of carbonyl (C=O) groups is 1. The van der Waals surface area contributed by atoms with Crippen LogP contribution in [0, 0.1) is 0 Å². The van der Waals surface area contributed by atoms with Crippen LogP contribution < -0.4 is 10.4 Å². The molecule has 2 rings (SSSR count). The number of carbonyl (C=O) groups excluding carboxylic acids is 1. The van der Waals surface area contributed by atoms with Crippen LogP contribution in [0.5, 0.6) is 0 Å². The second-order valence-electron chi connectivity index (χ2n) is 3.29. The Bertz CT molecular complexity index is 343. The molecule has 0 saturated carbocycles. The highest BCUT2D eigenvalue weighted by Crippen LogP contribution is 2.21. The van der Waals surface area contributed by atoms with Crippen LogP contribution in [0.2, 0.25) is 0 Å². The number of hydrogen-bond donors (Lipinski definition) is 1. The van der Waals surface area contributed by atoms with Gasteiger partial charge in [-0.15, -0.1) is 0 Å².